The van der Waals surface area contributed by atoms with Gasteiger partial charge in [0.2, 0.25) is 5.95 Å². The number of amides is 1. The first-order valence-electron chi connectivity index (χ1n) is 5.41. The summed E-state index contributed by atoms with van der Waals surface area (Å²) in [5.41, 5.74) is -0.249. The maximum absolute atomic E-state index is 13.0. The largest absolute Gasteiger partial charge is 0.329 e. The number of carbonyl (C=O) groups excluding carboxylic acids is 1. The van der Waals surface area contributed by atoms with E-state index in [4.69, 9.17) is 0 Å². The molecule has 0 atom stereocenters. The van der Waals surface area contributed by atoms with E-state index in [2.05, 4.69) is 11.6 Å². The summed E-state index contributed by atoms with van der Waals surface area (Å²) in [6.07, 6.45) is 1.64. The summed E-state index contributed by atoms with van der Waals surface area (Å²) in [6.45, 7) is 9.75. The SMILES string of the molecule is C=CCN(C(=O)c1cccc(F)n1)C(C)(C)C. The smallest absolute Gasteiger partial charge is 0.273 e. The van der Waals surface area contributed by atoms with Crippen LogP contribution in [-0.4, -0.2) is 27.9 Å². The van der Waals surface area contributed by atoms with Crippen LogP contribution in [0.4, 0.5) is 4.39 Å². The number of aromatic nitrogens is 1. The minimum atomic E-state index is -0.650. The summed E-state index contributed by atoms with van der Waals surface area (Å²) >= 11 is 0. The van der Waals surface area contributed by atoms with Gasteiger partial charge in [-0.3, -0.25) is 4.79 Å². The summed E-state index contributed by atoms with van der Waals surface area (Å²) in [4.78, 5) is 17.4. The molecule has 0 aliphatic carbocycles. The summed E-state index contributed by atoms with van der Waals surface area (Å²) in [5.74, 6) is -0.944. The van der Waals surface area contributed by atoms with Crippen molar-refractivity contribution in [3.05, 3.63) is 42.5 Å². The standard InChI is InChI=1S/C13H17FN2O/c1-5-9-16(13(2,3)4)12(17)10-7-6-8-11(14)15-10/h5-8H,1,9H2,2-4H3. The highest BCUT2D eigenvalue weighted by Crippen LogP contribution is 2.16. The summed E-state index contributed by atoms with van der Waals surface area (Å²) < 4.78 is 13.0. The van der Waals surface area contributed by atoms with Crippen LogP contribution in [0.15, 0.2) is 30.9 Å². The van der Waals surface area contributed by atoms with Gasteiger partial charge in [0, 0.05) is 12.1 Å². The maximum Gasteiger partial charge on any atom is 0.273 e. The van der Waals surface area contributed by atoms with Crippen molar-refractivity contribution in [1.29, 1.82) is 0 Å². The Balaban J connectivity index is 3.04. The number of rotatable bonds is 3. The molecule has 1 aromatic heterocycles. The molecule has 0 spiro atoms. The highest BCUT2D eigenvalue weighted by atomic mass is 19.1. The van der Waals surface area contributed by atoms with Crippen LogP contribution in [0.5, 0.6) is 0 Å². The van der Waals surface area contributed by atoms with Crippen molar-refractivity contribution < 1.29 is 9.18 Å². The van der Waals surface area contributed by atoms with Gasteiger partial charge in [-0.15, -0.1) is 6.58 Å². The molecule has 0 aliphatic rings. The Morgan fingerprint density at radius 3 is 2.65 bits per heavy atom. The quantitative estimate of drug-likeness (QED) is 0.597. The summed E-state index contributed by atoms with van der Waals surface area (Å²) in [7, 11) is 0. The number of carbonyl (C=O) groups is 1. The molecule has 4 heteroatoms. The van der Waals surface area contributed by atoms with Crippen molar-refractivity contribution in [3.8, 4) is 0 Å². The molecule has 0 aromatic carbocycles. The predicted octanol–water partition coefficient (Wildman–Crippen LogP) is 2.65. The van der Waals surface area contributed by atoms with Crippen molar-refractivity contribution >= 4 is 5.91 Å². The fraction of sp³-hybridized carbons (Fsp3) is 0.385. The van der Waals surface area contributed by atoms with Crippen LogP contribution >= 0.6 is 0 Å². The fourth-order valence-corrected chi connectivity index (χ4v) is 1.46. The molecule has 1 rings (SSSR count). The lowest BCUT2D eigenvalue weighted by molar-refractivity contribution is 0.0609. The van der Waals surface area contributed by atoms with Gasteiger partial charge in [-0.2, -0.15) is 4.39 Å². The lowest BCUT2D eigenvalue weighted by atomic mass is 10.1. The van der Waals surface area contributed by atoms with E-state index in [1.165, 1.54) is 18.2 Å². The molecule has 1 heterocycles. The van der Waals surface area contributed by atoms with E-state index in [1.807, 2.05) is 20.8 Å². The fourth-order valence-electron chi connectivity index (χ4n) is 1.46. The van der Waals surface area contributed by atoms with Crippen molar-refractivity contribution in [3.63, 3.8) is 0 Å². The Morgan fingerprint density at radius 1 is 1.53 bits per heavy atom. The normalized spacial score (nSPS) is 11.1. The van der Waals surface area contributed by atoms with Crippen molar-refractivity contribution in [2.45, 2.75) is 26.3 Å². The average molecular weight is 236 g/mol. The zero-order valence-electron chi connectivity index (χ0n) is 10.4. The molecule has 0 radical (unpaired) electrons. The molecule has 0 N–H and O–H groups in total. The molecule has 3 nitrogen and oxygen atoms in total. The number of hydrogen-bond acceptors (Lipinski definition) is 2. The predicted molar refractivity (Wildman–Crippen MR) is 65.2 cm³/mol. The van der Waals surface area contributed by atoms with Crippen LogP contribution in [0.3, 0.4) is 0 Å². The van der Waals surface area contributed by atoms with E-state index in [0.29, 0.717) is 6.54 Å². The molecule has 0 fully saturated rings. The van der Waals surface area contributed by atoms with E-state index in [0.717, 1.165) is 0 Å². The third-order valence-electron chi connectivity index (χ3n) is 2.30. The van der Waals surface area contributed by atoms with E-state index in [9.17, 15) is 9.18 Å². The Morgan fingerprint density at radius 2 is 2.18 bits per heavy atom. The average Bonchev–Trinajstić information content (AvgIpc) is 2.23. The zero-order valence-corrected chi connectivity index (χ0v) is 10.4. The van der Waals surface area contributed by atoms with Crippen molar-refractivity contribution in [2.75, 3.05) is 6.54 Å². The van der Waals surface area contributed by atoms with Gasteiger partial charge in [-0.25, -0.2) is 4.98 Å². The Hall–Kier alpha value is -1.71. The van der Waals surface area contributed by atoms with Crippen LogP contribution in [0.25, 0.3) is 0 Å². The van der Waals surface area contributed by atoms with Gasteiger partial charge in [-0.05, 0) is 32.9 Å². The molecular weight excluding hydrogens is 219 g/mol. The highest BCUT2D eigenvalue weighted by molar-refractivity contribution is 5.92. The molecule has 0 unspecified atom stereocenters. The Kier molecular flexibility index (Phi) is 3.99. The minimum Gasteiger partial charge on any atom is -0.329 e. The van der Waals surface area contributed by atoms with Crippen LogP contribution in [0.1, 0.15) is 31.3 Å². The Bertz CT molecular complexity index is 424. The van der Waals surface area contributed by atoms with E-state index < -0.39 is 5.95 Å². The maximum atomic E-state index is 13.0. The molecule has 0 saturated heterocycles. The van der Waals surface area contributed by atoms with E-state index in [-0.39, 0.29) is 17.1 Å². The molecule has 0 bridgehead atoms. The second kappa shape index (κ2) is 5.08. The zero-order chi connectivity index (χ0) is 13.1. The number of hydrogen-bond donors (Lipinski definition) is 0. The molecular formula is C13H17FN2O. The molecule has 17 heavy (non-hydrogen) atoms. The van der Waals surface area contributed by atoms with Gasteiger partial charge in [0.25, 0.3) is 5.91 Å². The first kappa shape index (κ1) is 13.4. The van der Waals surface area contributed by atoms with Gasteiger partial charge in [0.15, 0.2) is 0 Å². The van der Waals surface area contributed by atoms with Gasteiger partial charge < -0.3 is 4.90 Å². The summed E-state index contributed by atoms with van der Waals surface area (Å²) in [6, 6.07) is 4.20. The van der Waals surface area contributed by atoms with E-state index >= 15 is 0 Å². The highest BCUT2D eigenvalue weighted by Gasteiger charge is 2.27. The van der Waals surface area contributed by atoms with Crippen molar-refractivity contribution in [1.82, 2.24) is 9.88 Å². The number of halogens is 1. The third-order valence-corrected chi connectivity index (χ3v) is 2.30. The first-order chi connectivity index (χ1) is 7.86. The molecule has 92 valence electrons. The molecule has 0 saturated carbocycles. The topological polar surface area (TPSA) is 33.2 Å². The van der Waals surface area contributed by atoms with Crippen LogP contribution < -0.4 is 0 Å². The van der Waals surface area contributed by atoms with Crippen LogP contribution in [0.2, 0.25) is 0 Å². The third kappa shape index (κ3) is 3.37. The van der Waals surface area contributed by atoms with Gasteiger partial charge in [-0.1, -0.05) is 12.1 Å². The first-order valence-corrected chi connectivity index (χ1v) is 5.41. The number of nitrogens with zero attached hydrogens (tertiary/aromatic N) is 2. The van der Waals surface area contributed by atoms with Gasteiger partial charge in [0.1, 0.15) is 5.69 Å². The lowest BCUT2D eigenvalue weighted by Gasteiger charge is -2.34. The van der Waals surface area contributed by atoms with Crippen molar-refractivity contribution in [2.24, 2.45) is 0 Å². The Labute approximate surface area is 101 Å². The van der Waals surface area contributed by atoms with E-state index in [1.54, 1.807) is 11.0 Å². The van der Waals surface area contributed by atoms with Crippen LogP contribution in [0, 0.1) is 5.95 Å². The van der Waals surface area contributed by atoms with Gasteiger partial charge >= 0.3 is 0 Å². The van der Waals surface area contributed by atoms with Gasteiger partial charge in [0.05, 0.1) is 0 Å². The monoisotopic (exact) mass is 236 g/mol. The number of pyridine rings is 1. The second-order valence-corrected chi connectivity index (χ2v) is 4.72. The lowest BCUT2D eigenvalue weighted by Crippen LogP contribution is -2.46. The summed E-state index contributed by atoms with van der Waals surface area (Å²) in [5, 5.41) is 0. The second-order valence-electron chi connectivity index (χ2n) is 4.72. The molecule has 0 aliphatic heterocycles. The minimum absolute atomic E-state index is 0.113. The molecule has 1 aromatic rings. The molecule has 1 amide bonds. The van der Waals surface area contributed by atoms with Crippen LogP contribution in [-0.2, 0) is 0 Å².